The number of carbonyl (C=O) groups excluding carboxylic acids is 2. The van der Waals surface area contributed by atoms with Gasteiger partial charge in [-0.2, -0.15) is 0 Å². The minimum absolute atomic E-state index is 0.0269. The molecule has 192 valence electrons. The molecule has 0 aliphatic rings. The third-order valence-electron chi connectivity index (χ3n) is 4.95. The first-order chi connectivity index (χ1) is 16.8. The maximum atomic E-state index is 11.6. The van der Waals surface area contributed by atoms with Crippen molar-refractivity contribution >= 4 is 12.2 Å². The van der Waals surface area contributed by atoms with Crippen LogP contribution in [0, 0.1) is 13.8 Å². The number of nitrogens with zero attached hydrogens (tertiary/aromatic N) is 1. The highest BCUT2D eigenvalue weighted by Crippen LogP contribution is 2.27. The van der Waals surface area contributed by atoms with E-state index in [2.05, 4.69) is 20.9 Å². The third-order valence-corrected chi connectivity index (χ3v) is 4.95. The molecule has 2 rings (SSSR count). The fourth-order valence-corrected chi connectivity index (χ4v) is 3.03. The van der Waals surface area contributed by atoms with Crippen molar-refractivity contribution in [3.63, 3.8) is 0 Å². The zero-order chi connectivity index (χ0) is 25.6. The number of amides is 2. The molecule has 11 heteroatoms. The zero-order valence-corrected chi connectivity index (χ0v) is 20.6. The van der Waals surface area contributed by atoms with Gasteiger partial charge in [0, 0.05) is 44.5 Å². The topological polar surface area (TPSA) is 140 Å². The van der Waals surface area contributed by atoms with Crippen LogP contribution < -0.4 is 25.4 Å². The van der Waals surface area contributed by atoms with E-state index in [4.69, 9.17) is 18.9 Å². The Bertz CT molecular complexity index is 971. The highest BCUT2D eigenvalue weighted by atomic mass is 16.6. The summed E-state index contributed by atoms with van der Waals surface area (Å²) in [6, 6.07) is 7.76. The number of alkyl carbamates (subject to hydrolysis) is 2. The molecule has 35 heavy (non-hydrogen) atoms. The Morgan fingerprint density at radius 2 is 1.71 bits per heavy atom. The Morgan fingerprint density at radius 1 is 1.03 bits per heavy atom. The van der Waals surface area contributed by atoms with Crippen LogP contribution in [0.5, 0.6) is 11.5 Å². The number of pyridine rings is 1. The van der Waals surface area contributed by atoms with E-state index in [9.17, 15) is 14.7 Å². The molecule has 1 atom stereocenters. The van der Waals surface area contributed by atoms with Crippen molar-refractivity contribution in [2.24, 2.45) is 0 Å². The number of aromatic nitrogens is 1. The molecule has 0 fully saturated rings. The van der Waals surface area contributed by atoms with Gasteiger partial charge in [-0.3, -0.25) is 4.98 Å². The molecule has 0 bridgehead atoms. The van der Waals surface area contributed by atoms with Crippen LogP contribution in [-0.4, -0.2) is 68.8 Å². The van der Waals surface area contributed by atoms with Crippen molar-refractivity contribution in [2.75, 3.05) is 40.4 Å². The molecule has 0 radical (unpaired) electrons. The normalized spacial score (nSPS) is 11.3. The van der Waals surface area contributed by atoms with E-state index >= 15 is 0 Å². The summed E-state index contributed by atoms with van der Waals surface area (Å²) >= 11 is 0. The third kappa shape index (κ3) is 9.30. The van der Waals surface area contributed by atoms with Crippen molar-refractivity contribution in [3.8, 4) is 11.5 Å². The molecule has 1 aromatic heterocycles. The smallest absolute Gasteiger partial charge is 0.407 e. The Labute approximate surface area is 205 Å². The lowest BCUT2D eigenvalue weighted by Gasteiger charge is -2.19. The second kappa shape index (κ2) is 14.6. The average Bonchev–Trinajstić information content (AvgIpc) is 2.86. The molecule has 2 amide bonds. The summed E-state index contributed by atoms with van der Waals surface area (Å²) in [5, 5.41) is 18.2. The molecule has 0 saturated carbocycles. The van der Waals surface area contributed by atoms with Gasteiger partial charge < -0.3 is 40.0 Å². The van der Waals surface area contributed by atoms with Crippen LogP contribution in [0.25, 0.3) is 0 Å². The largest absolute Gasteiger partial charge is 0.492 e. The number of benzene rings is 1. The van der Waals surface area contributed by atoms with E-state index in [-0.39, 0.29) is 26.4 Å². The van der Waals surface area contributed by atoms with Crippen LogP contribution in [0.4, 0.5) is 9.59 Å². The van der Waals surface area contributed by atoms with Crippen molar-refractivity contribution in [1.29, 1.82) is 0 Å². The standard InChI is InChI=1S/C24H34N4O7/c1-16-7-5-6-8-21(16)32-10-9-27-12-19(29)14-33-22-17(2)28-11-18(13-34-23(30)25-3)20(22)15-35-24(31)26-4/h5-8,11,19,27,29H,9-10,12-15H2,1-4H3,(H,25,30)(H,26,31). The Hall–Kier alpha value is -3.57. The molecule has 0 aliphatic carbocycles. The lowest BCUT2D eigenvalue weighted by molar-refractivity contribution is 0.101. The predicted molar refractivity (Wildman–Crippen MR) is 129 cm³/mol. The van der Waals surface area contributed by atoms with Gasteiger partial charge in [-0.25, -0.2) is 9.59 Å². The number of rotatable bonds is 13. The molecular weight excluding hydrogens is 456 g/mol. The number of aliphatic hydroxyl groups excluding tert-OH is 1. The van der Waals surface area contributed by atoms with Crippen LogP contribution in [0.2, 0.25) is 0 Å². The van der Waals surface area contributed by atoms with E-state index < -0.39 is 18.3 Å². The maximum Gasteiger partial charge on any atom is 0.407 e. The highest BCUT2D eigenvalue weighted by Gasteiger charge is 2.18. The summed E-state index contributed by atoms with van der Waals surface area (Å²) in [6.45, 7) is 4.74. The Kier molecular flexibility index (Phi) is 11.6. The van der Waals surface area contributed by atoms with Crippen molar-refractivity contribution < 1.29 is 33.6 Å². The quantitative estimate of drug-likeness (QED) is 0.310. The molecule has 0 saturated heterocycles. The second-order valence-electron chi connectivity index (χ2n) is 7.61. The summed E-state index contributed by atoms with van der Waals surface area (Å²) in [7, 11) is 2.90. The summed E-state index contributed by atoms with van der Waals surface area (Å²) in [4.78, 5) is 27.4. The van der Waals surface area contributed by atoms with E-state index in [1.54, 1.807) is 6.92 Å². The van der Waals surface area contributed by atoms with E-state index in [1.165, 1.54) is 20.3 Å². The van der Waals surface area contributed by atoms with Gasteiger partial charge in [0.1, 0.15) is 44.0 Å². The fourth-order valence-electron chi connectivity index (χ4n) is 3.03. The van der Waals surface area contributed by atoms with Gasteiger partial charge in [-0.1, -0.05) is 18.2 Å². The molecule has 2 aromatic rings. The molecule has 1 unspecified atom stereocenters. The second-order valence-corrected chi connectivity index (χ2v) is 7.61. The molecule has 1 heterocycles. The van der Waals surface area contributed by atoms with Crippen LogP contribution in [0.1, 0.15) is 22.4 Å². The van der Waals surface area contributed by atoms with Crippen molar-refractivity contribution in [1.82, 2.24) is 20.9 Å². The number of hydrogen-bond acceptors (Lipinski definition) is 9. The van der Waals surface area contributed by atoms with Gasteiger partial charge in [0.25, 0.3) is 0 Å². The summed E-state index contributed by atoms with van der Waals surface area (Å²) < 4.78 is 21.9. The minimum Gasteiger partial charge on any atom is -0.492 e. The summed E-state index contributed by atoms with van der Waals surface area (Å²) in [6.07, 6.45) is -0.522. The number of nitrogens with one attached hydrogen (secondary N) is 3. The van der Waals surface area contributed by atoms with Gasteiger partial charge in [0.2, 0.25) is 0 Å². The van der Waals surface area contributed by atoms with E-state index in [0.717, 1.165) is 11.3 Å². The predicted octanol–water partition coefficient (Wildman–Crippen LogP) is 1.82. The molecule has 0 aliphatic heterocycles. The summed E-state index contributed by atoms with van der Waals surface area (Å²) in [5.41, 5.74) is 2.61. The van der Waals surface area contributed by atoms with Gasteiger partial charge in [-0.15, -0.1) is 0 Å². The monoisotopic (exact) mass is 490 g/mol. The van der Waals surface area contributed by atoms with Gasteiger partial charge in [0.15, 0.2) is 0 Å². The first-order valence-corrected chi connectivity index (χ1v) is 11.2. The van der Waals surface area contributed by atoms with Crippen LogP contribution >= 0.6 is 0 Å². The Morgan fingerprint density at radius 3 is 2.40 bits per heavy atom. The zero-order valence-electron chi connectivity index (χ0n) is 20.6. The van der Waals surface area contributed by atoms with Crippen LogP contribution in [0.3, 0.4) is 0 Å². The molecular formula is C24H34N4O7. The molecule has 1 aromatic carbocycles. The lowest BCUT2D eigenvalue weighted by Crippen LogP contribution is -2.34. The van der Waals surface area contributed by atoms with Gasteiger partial charge >= 0.3 is 12.2 Å². The fraction of sp³-hybridized carbons (Fsp3) is 0.458. The minimum atomic E-state index is -0.814. The molecule has 4 N–H and O–H groups in total. The SMILES string of the molecule is CNC(=O)OCc1cnc(C)c(OCC(O)CNCCOc2ccccc2C)c1COC(=O)NC. The lowest BCUT2D eigenvalue weighted by atomic mass is 10.1. The average molecular weight is 491 g/mol. The van der Waals surface area contributed by atoms with Gasteiger partial charge in [0.05, 0.1) is 5.69 Å². The van der Waals surface area contributed by atoms with E-state index in [0.29, 0.717) is 35.7 Å². The first kappa shape index (κ1) is 27.7. The number of aliphatic hydroxyl groups is 1. The maximum absolute atomic E-state index is 11.6. The van der Waals surface area contributed by atoms with Crippen molar-refractivity contribution in [3.05, 3.63) is 52.8 Å². The van der Waals surface area contributed by atoms with Crippen molar-refractivity contribution in [2.45, 2.75) is 33.2 Å². The van der Waals surface area contributed by atoms with Crippen LogP contribution in [-0.2, 0) is 22.7 Å². The number of para-hydroxylation sites is 1. The first-order valence-electron chi connectivity index (χ1n) is 11.2. The number of aryl methyl sites for hydroxylation is 2. The van der Waals surface area contributed by atoms with E-state index in [1.807, 2.05) is 31.2 Å². The number of hydrogen-bond donors (Lipinski definition) is 4. The highest BCUT2D eigenvalue weighted by molar-refractivity contribution is 5.67. The molecule has 11 nitrogen and oxygen atoms in total. The molecule has 0 spiro atoms. The van der Waals surface area contributed by atoms with Gasteiger partial charge in [-0.05, 0) is 25.5 Å². The van der Waals surface area contributed by atoms with Crippen LogP contribution in [0.15, 0.2) is 30.5 Å². The summed E-state index contributed by atoms with van der Waals surface area (Å²) in [5.74, 6) is 1.18. The number of ether oxygens (including phenoxy) is 4. The Balaban J connectivity index is 1.93. The number of carbonyl (C=O) groups is 2.